The molecule has 27 heavy (non-hydrogen) atoms. The number of carbonyl (C=O) groups excluding carboxylic acids is 1. The third kappa shape index (κ3) is 3.80. The second kappa shape index (κ2) is 7.39. The monoisotopic (exact) mass is 362 g/mol. The molecule has 1 fully saturated rings. The molecule has 0 radical (unpaired) electrons. The van der Waals surface area contributed by atoms with Crippen LogP contribution >= 0.6 is 0 Å². The smallest absolute Gasteiger partial charge is 0.344 e. The third-order valence-corrected chi connectivity index (χ3v) is 5.21. The van der Waals surface area contributed by atoms with E-state index in [4.69, 9.17) is 9.15 Å². The predicted molar refractivity (Wildman–Crippen MR) is 105 cm³/mol. The maximum absolute atomic E-state index is 12.6. The zero-order valence-electron chi connectivity index (χ0n) is 15.3. The van der Waals surface area contributed by atoms with Gasteiger partial charge in [0.2, 0.25) is 0 Å². The molecular weight excluding hydrogens is 340 g/mol. The van der Waals surface area contributed by atoms with E-state index in [2.05, 4.69) is 6.92 Å². The molecule has 1 heterocycles. The van der Waals surface area contributed by atoms with E-state index in [9.17, 15) is 9.59 Å². The van der Waals surface area contributed by atoms with Crippen LogP contribution in [0.1, 0.15) is 43.0 Å². The Hall–Kier alpha value is -2.88. The number of esters is 1. The molecule has 2 aromatic carbocycles. The van der Waals surface area contributed by atoms with Crippen molar-refractivity contribution in [3.63, 3.8) is 0 Å². The number of carbonyl (C=O) groups is 1. The van der Waals surface area contributed by atoms with Crippen LogP contribution < -0.4 is 5.63 Å². The van der Waals surface area contributed by atoms with Crippen LogP contribution in [0.5, 0.6) is 0 Å². The highest BCUT2D eigenvalue weighted by Gasteiger charge is 2.23. The summed E-state index contributed by atoms with van der Waals surface area (Å²) in [5, 5.41) is 0.844. The van der Waals surface area contributed by atoms with E-state index in [0.29, 0.717) is 28.2 Å². The molecule has 0 unspecified atom stereocenters. The van der Waals surface area contributed by atoms with Crippen LogP contribution in [-0.2, 0) is 4.74 Å². The highest BCUT2D eigenvalue weighted by atomic mass is 16.5. The fourth-order valence-electron chi connectivity index (χ4n) is 3.78. The highest BCUT2D eigenvalue weighted by Crippen LogP contribution is 2.27. The highest BCUT2D eigenvalue weighted by molar-refractivity contribution is 5.91. The van der Waals surface area contributed by atoms with E-state index < -0.39 is 5.63 Å². The van der Waals surface area contributed by atoms with Crippen LogP contribution in [0, 0.1) is 5.92 Å². The summed E-state index contributed by atoms with van der Waals surface area (Å²) in [4.78, 5) is 25.0. The molecule has 4 nitrogen and oxygen atoms in total. The van der Waals surface area contributed by atoms with E-state index >= 15 is 0 Å². The SMILES string of the molecule is C[C@@H]1CCC[C@H](OC(=O)c2cccc(-c3cc4ccccc4oc3=O)c2)C1. The first-order chi connectivity index (χ1) is 13.1. The number of hydrogen-bond donors (Lipinski definition) is 0. The molecule has 0 bridgehead atoms. The molecule has 1 aliphatic rings. The first-order valence-corrected chi connectivity index (χ1v) is 9.44. The fraction of sp³-hybridized carbons (Fsp3) is 0.304. The summed E-state index contributed by atoms with van der Waals surface area (Å²) in [6.07, 6.45) is 4.11. The Morgan fingerprint density at radius 3 is 2.78 bits per heavy atom. The van der Waals surface area contributed by atoms with Crippen molar-refractivity contribution < 1.29 is 13.9 Å². The van der Waals surface area contributed by atoms with Gasteiger partial charge in [-0.2, -0.15) is 0 Å². The van der Waals surface area contributed by atoms with Gasteiger partial charge in [-0.25, -0.2) is 9.59 Å². The molecule has 0 N–H and O–H groups in total. The molecular formula is C23H22O4. The summed E-state index contributed by atoms with van der Waals surface area (Å²) in [6, 6.07) is 16.2. The van der Waals surface area contributed by atoms with Crippen molar-refractivity contribution in [3.8, 4) is 11.1 Å². The van der Waals surface area contributed by atoms with Crippen LogP contribution in [0.2, 0.25) is 0 Å². The lowest BCUT2D eigenvalue weighted by molar-refractivity contribution is 0.0155. The number of hydrogen-bond acceptors (Lipinski definition) is 4. The number of benzene rings is 2. The maximum Gasteiger partial charge on any atom is 0.344 e. The van der Waals surface area contributed by atoms with Crippen LogP contribution in [-0.4, -0.2) is 12.1 Å². The first-order valence-electron chi connectivity index (χ1n) is 9.44. The first kappa shape index (κ1) is 17.5. The van der Waals surface area contributed by atoms with Gasteiger partial charge in [0.05, 0.1) is 11.1 Å². The summed E-state index contributed by atoms with van der Waals surface area (Å²) < 4.78 is 11.1. The summed E-state index contributed by atoms with van der Waals surface area (Å²) in [6.45, 7) is 2.19. The molecule has 3 aromatic rings. The minimum atomic E-state index is -0.416. The maximum atomic E-state index is 12.6. The van der Waals surface area contributed by atoms with Crippen molar-refractivity contribution in [1.82, 2.24) is 0 Å². The molecule has 138 valence electrons. The molecule has 0 saturated heterocycles. The molecule has 4 rings (SSSR count). The van der Waals surface area contributed by atoms with Gasteiger partial charge in [0, 0.05) is 5.39 Å². The summed E-state index contributed by atoms with van der Waals surface area (Å²) in [5.74, 6) is 0.256. The molecule has 2 atom stereocenters. The van der Waals surface area contributed by atoms with Crippen LogP contribution in [0.25, 0.3) is 22.1 Å². The van der Waals surface area contributed by atoms with Gasteiger partial charge in [0.15, 0.2) is 0 Å². The van der Waals surface area contributed by atoms with Crippen LogP contribution in [0.3, 0.4) is 0 Å². The normalized spacial score (nSPS) is 19.7. The molecule has 0 aliphatic heterocycles. The summed E-state index contributed by atoms with van der Waals surface area (Å²) >= 11 is 0. The molecule has 0 amide bonds. The molecule has 1 aromatic heterocycles. The van der Waals surface area contributed by atoms with Gasteiger partial charge in [-0.3, -0.25) is 0 Å². The van der Waals surface area contributed by atoms with Gasteiger partial charge in [-0.15, -0.1) is 0 Å². The van der Waals surface area contributed by atoms with E-state index in [1.807, 2.05) is 18.2 Å². The lowest BCUT2D eigenvalue weighted by Gasteiger charge is -2.26. The quantitative estimate of drug-likeness (QED) is 0.475. The van der Waals surface area contributed by atoms with Gasteiger partial charge in [0.1, 0.15) is 11.7 Å². The average molecular weight is 362 g/mol. The van der Waals surface area contributed by atoms with E-state index in [-0.39, 0.29) is 12.1 Å². The van der Waals surface area contributed by atoms with Crippen molar-refractivity contribution in [2.45, 2.75) is 38.7 Å². The lowest BCUT2D eigenvalue weighted by Crippen LogP contribution is -2.24. The van der Waals surface area contributed by atoms with Gasteiger partial charge in [0.25, 0.3) is 0 Å². The zero-order valence-corrected chi connectivity index (χ0v) is 15.3. The summed E-state index contributed by atoms with van der Waals surface area (Å²) in [7, 11) is 0. The van der Waals surface area contributed by atoms with Crippen molar-refractivity contribution in [3.05, 3.63) is 70.6 Å². The van der Waals surface area contributed by atoms with Gasteiger partial charge >= 0.3 is 11.6 Å². The average Bonchev–Trinajstić information content (AvgIpc) is 2.67. The predicted octanol–water partition coefficient (Wildman–Crippen LogP) is 5.20. The van der Waals surface area contributed by atoms with Crippen molar-refractivity contribution >= 4 is 16.9 Å². The standard InChI is InChI=1S/C23H22O4/c1-15-6-4-10-19(12-15)26-22(24)18-9-5-8-16(13-18)20-14-17-7-2-3-11-21(17)27-23(20)25/h2-3,5,7-9,11,13-15,19H,4,6,10,12H2,1H3/t15-,19+/m1/s1. The fourth-order valence-corrected chi connectivity index (χ4v) is 3.78. The number of rotatable bonds is 3. The third-order valence-electron chi connectivity index (χ3n) is 5.21. The van der Waals surface area contributed by atoms with E-state index in [1.54, 1.807) is 36.4 Å². The number of fused-ring (bicyclic) bond motifs is 1. The van der Waals surface area contributed by atoms with Crippen molar-refractivity contribution in [2.75, 3.05) is 0 Å². The lowest BCUT2D eigenvalue weighted by atomic mass is 9.89. The Morgan fingerprint density at radius 2 is 1.93 bits per heavy atom. The Bertz CT molecular complexity index is 1030. The van der Waals surface area contributed by atoms with Gasteiger partial charge in [-0.1, -0.05) is 43.7 Å². The number of ether oxygens (including phenoxy) is 1. The van der Waals surface area contributed by atoms with Crippen molar-refractivity contribution in [2.24, 2.45) is 5.92 Å². The van der Waals surface area contributed by atoms with Crippen LogP contribution in [0.4, 0.5) is 0 Å². The minimum Gasteiger partial charge on any atom is -0.459 e. The second-order valence-electron chi connectivity index (χ2n) is 7.37. The minimum absolute atomic E-state index is 0.0179. The molecule has 0 spiro atoms. The Labute approximate surface area is 157 Å². The van der Waals surface area contributed by atoms with Crippen molar-refractivity contribution in [1.29, 1.82) is 0 Å². The summed E-state index contributed by atoms with van der Waals surface area (Å²) in [5.41, 5.74) is 1.68. The van der Waals surface area contributed by atoms with Crippen LogP contribution in [0.15, 0.2) is 63.8 Å². The van der Waals surface area contributed by atoms with Gasteiger partial charge in [-0.05, 0) is 55.0 Å². The second-order valence-corrected chi connectivity index (χ2v) is 7.37. The topological polar surface area (TPSA) is 56.5 Å². The van der Waals surface area contributed by atoms with E-state index in [1.165, 1.54) is 6.42 Å². The zero-order chi connectivity index (χ0) is 18.8. The molecule has 1 saturated carbocycles. The Kier molecular flexibility index (Phi) is 4.80. The largest absolute Gasteiger partial charge is 0.459 e. The molecule has 4 heteroatoms. The van der Waals surface area contributed by atoms with E-state index in [0.717, 1.165) is 24.6 Å². The molecule has 1 aliphatic carbocycles. The Balaban J connectivity index is 1.62. The Morgan fingerprint density at radius 1 is 1.07 bits per heavy atom. The van der Waals surface area contributed by atoms with Gasteiger partial charge < -0.3 is 9.15 Å². The number of para-hydroxylation sites is 1.